The lowest BCUT2D eigenvalue weighted by Crippen LogP contribution is -2.06. The van der Waals surface area contributed by atoms with Crippen molar-refractivity contribution in [1.29, 1.82) is 0 Å². The maximum atomic E-state index is 10.9. The fourth-order valence-electron chi connectivity index (χ4n) is 2.50. The number of hydrazone groups is 1. The van der Waals surface area contributed by atoms with Gasteiger partial charge in [-0.15, -0.1) is 0 Å². The summed E-state index contributed by atoms with van der Waals surface area (Å²) in [5, 5.41) is 16.1. The van der Waals surface area contributed by atoms with Gasteiger partial charge < -0.3 is 14.6 Å². The van der Waals surface area contributed by atoms with Crippen LogP contribution in [0.25, 0.3) is 11.3 Å². The molecule has 0 saturated heterocycles. The monoisotopic (exact) mass is 419 g/mol. The van der Waals surface area contributed by atoms with Gasteiger partial charge in [-0.25, -0.2) is 0 Å². The first kappa shape index (κ1) is 19.7. The summed E-state index contributed by atoms with van der Waals surface area (Å²) < 4.78 is 11.0. The minimum Gasteiger partial charge on any atom is -0.496 e. The third-order valence-electron chi connectivity index (χ3n) is 3.89. The molecular weight excluding hydrogens is 405 g/mol. The quantitative estimate of drug-likeness (QED) is 0.319. The Morgan fingerprint density at radius 1 is 1.21 bits per heavy atom. The highest BCUT2D eigenvalue weighted by Gasteiger charge is 2.15. The fraction of sp³-hybridized carbons (Fsp3) is 0.105. The molecule has 144 valence electrons. The molecule has 3 aromatic rings. The summed E-state index contributed by atoms with van der Waals surface area (Å²) in [4.78, 5) is 10.4. The number of furan rings is 1. The third kappa shape index (κ3) is 4.44. The van der Waals surface area contributed by atoms with Gasteiger partial charge in [-0.05, 0) is 30.3 Å². The van der Waals surface area contributed by atoms with Crippen LogP contribution in [-0.2, 0) is 6.54 Å². The number of nitrogens with one attached hydrogen (secondary N) is 1. The minimum atomic E-state index is -0.483. The van der Waals surface area contributed by atoms with E-state index in [1.54, 1.807) is 36.4 Å². The highest BCUT2D eigenvalue weighted by molar-refractivity contribution is 6.35. The lowest BCUT2D eigenvalue weighted by atomic mass is 10.1. The topological polar surface area (TPSA) is 89.9 Å². The summed E-state index contributed by atoms with van der Waals surface area (Å²) in [5.41, 5.74) is 4.15. The molecule has 9 heteroatoms. The Balaban J connectivity index is 1.71. The van der Waals surface area contributed by atoms with Crippen LogP contribution in [0.3, 0.4) is 0 Å². The number of nitro groups is 1. The summed E-state index contributed by atoms with van der Waals surface area (Å²) in [6, 6.07) is 13.1. The smallest absolute Gasteiger partial charge is 0.273 e. The van der Waals surface area contributed by atoms with E-state index in [1.807, 2.05) is 0 Å². The largest absolute Gasteiger partial charge is 0.496 e. The van der Waals surface area contributed by atoms with E-state index in [1.165, 1.54) is 25.5 Å². The van der Waals surface area contributed by atoms with Gasteiger partial charge in [-0.1, -0.05) is 29.3 Å². The van der Waals surface area contributed by atoms with Gasteiger partial charge >= 0.3 is 0 Å². The van der Waals surface area contributed by atoms with Gasteiger partial charge in [0.15, 0.2) is 0 Å². The van der Waals surface area contributed by atoms with Gasteiger partial charge in [-0.2, -0.15) is 5.10 Å². The van der Waals surface area contributed by atoms with E-state index < -0.39 is 4.92 Å². The van der Waals surface area contributed by atoms with Gasteiger partial charge in [0.2, 0.25) is 0 Å². The molecule has 0 aliphatic carbocycles. The van der Waals surface area contributed by atoms with Gasteiger partial charge in [0.05, 0.1) is 36.4 Å². The van der Waals surface area contributed by atoms with Crippen LogP contribution >= 0.6 is 23.2 Å². The van der Waals surface area contributed by atoms with E-state index in [0.29, 0.717) is 39.4 Å². The number of hydrogen-bond acceptors (Lipinski definition) is 6. The molecule has 0 spiro atoms. The molecule has 0 atom stereocenters. The first-order valence-electron chi connectivity index (χ1n) is 8.11. The zero-order valence-corrected chi connectivity index (χ0v) is 16.2. The summed E-state index contributed by atoms with van der Waals surface area (Å²) in [7, 11) is 1.44. The average Bonchev–Trinajstić information content (AvgIpc) is 3.15. The van der Waals surface area contributed by atoms with Crippen LogP contribution < -0.4 is 10.2 Å². The number of rotatable bonds is 7. The number of halogens is 2. The van der Waals surface area contributed by atoms with Crippen LogP contribution in [0.4, 0.5) is 5.69 Å². The molecule has 0 aliphatic rings. The maximum Gasteiger partial charge on any atom is 0.273 e. The van der Waals surface area contributed by atoms with Crippen molar-refractivity contribution in [2.24, 2.45) is 5.10 Å². The SMILES string of the molecule is COc1cc([N+](=O)[O-])ccc1-c1ccc(/C=N/NCc2c(Cl)cccc2Cl)o1. The fourth-order valence-corrected chi connectivity index (χ4v) is 3.03. The molecule has 1 heterocycles. The van der Waals surface area contributed by atoms with E-state index in [9.17, 15) is 10.1 Å². The van der Waals surface area contributed by atoms with Crippen molar-refractivity contribution in [1.82, 2.24) is 5.43 Å². The van der Waals surface area contributed by atoms with Gasteiger partial charge in [-0.3, -0.25) is 10.1 Å². The number of nitro benzene ring substituents is 1. The van der Waals surface area contributed by atoms with Crippen molar-refractivity contribution in [2.45, 2.75) is 6.54 Å². The third-order valence-corrected chi connectivity index (χ3v) is 4.60. The molecule has 2 aromatic carbocycles. The van der Waals surface area contributed by atoms with E-state index in [4.69, 9.17) is 32.4 Å². The van der Waals surface area contributed by atoms with Crippen molar-refractivity contribution < 1.29 is 14.1 Å². The molecule has 0 fully saturated rings. The number of hydrogen-bond donors (Lipinski definition) is 1. The number of methoxy groups -OCH3 is 1. The van der Waals surface area contributed by atoms with Crippen LogP contribution in [0.5, 0.6) is 5.75 Å². The molecule has 0 saturated carbocycles. The Kier molecular flexibility index (Phi) is 6.18. The van der Waals surface area contributed by atoms with E-state index >= 15 is 0 Å². The zero-order chi connectivity index (χ0) is 20.1. The second-order valence-electron chi connectivity index (χ2n) is 5.64. The Hall–Kier alpha value is -3.03. The number of ether oxygens (including phenoxy) is 1. The molecular formula is C19H15Cl2N3O4. The Morgan fingerprint density at radius 3 is 2.64 bits per heavy atom. The summed E-state index contributed by atoms with van der Waals surface area (Å²) in [5.74, 6) is 1.34. The molecule has 0 amide bonds. The Bertz CT molecular complexity index is 1010. The average molecular weight is 420 g/mol. The summed E-state index contributed by atoms with van der Waals surface area (Å²) >= 11 is 12.2. The van der Waals surface area contributed by atoms with Crippen LogP contribution in [0, 0.1) is 10.1 Å². The van der Waals surface area contributed by atoms with Gasteiger partial charge in [0, 0.05) is 21.7 Å². The summed E-state index contributed by atoms with van der Waals surface area (Å²) in [6.45, 7) is 0.360. The van der Waals surface area contributed by atoms with E-state index in [2.05, 4.69) is 10.5 Å². The van der Waals surface area contributed by atoms with Crippen LogP contribution in [-0.4, -0.2) is 18.2 Å². The zero-order valence-electron chi connectivity index (χ0n) is 14.7. The number of non-ortho nitro benzene ring substituents is 1. The predicted molar refractivity (Wildman–Crippen MR) is 108 cm³/mol. The van der Waals surface area contributed by atoms with Crippen LogP contribution in [0.2, 0.25) is 10.0 Å². The number of benzene rings is 2. The van der Waals surface area contributed by atoms with Crippen molar-refractivity contribution >= 4 is 35.1 Å². The summed E-state index contributed by atoms with van der Waals surface area (Å²) in [6.07, 6.45) is 1.51. The second-order valence-corrected chi connectivity index (χ2v) is 6.45. The van der Waals surface area contributed by atoms with Crippen molar-refractivity contribution in [3.63, 3.8) is 0 Å². The lowest BCUT2D eigenvalue weighted by Gasteiger charge is -2.06. The van der Waals surface area contributed by atoms with Crippen molar-refractivity contribution in [2.75, 3.05) is 7.11 Å². The Labute approximate surface area is 170 Å². The Morgan fingerprint density at radius 2 is 1.96 bits per heavy atom. The molecule has 0 bridgehead atoms. The molecule has 0 radical (unpaired) electrons. The molecule has 0 aliphatic heterocycles. The molecule has 7 nitrogen and oxygen atoms in total. The highest BCUT2D eigenvalue weighted by Crippen LogP contribution is 2.34. The maximum absolute atomic E-state index is 10.9. The van der Waals surface area contributed by atoms with Crippen molar-refractivity contribution in [3.05, 3.63) is 80.0 Å². The molecule has 3 rings (SSSR count). The van der Waals surface area contributed by atoms with E-state index in [-0.39, 0.29) is 5.69 Å². The lowest BCUT2D eigenvalue weighted by molar-refractivity contribution is -0.384. The molecule has 1 aromatic heterocycles. The molecule has 0 unspecified atom stereocenters. The highest BCUT2D eigenvalue weighted by atomic mass is 35.5. The standard InChI is InChI=1S/C19H15Cl2N3O4/c1-27-19-9-12(24(25)26)5-7-14(19)18-8-6-13(28-18)10-22-23-11-15-16(20)3-2-4-17(15)21/h2-10,23H,11H2,1H3/b22-10+. The van der Waals surface area contributed by atoms with Gasteiger partial charge in [0.25, 0.3) is 5.69 Å². The van der Waals surface area contributed by atoms with Crippen molar-refractivity contribution in [3.8, 4) is 17.1 Å². The molecule has 1 N–H and O–H groups in total. The predicted octanol–water partition coefficient (Wildman–Crippen LogP) is 5.29. The minimum absolute atomic E-state index is 0.0589. The van der Waals surface area contributed by atoms with E-state index in [0.717, 1.165) is 5.56 Å². The first-order chi connectivity index (χ1) is 13.5. The first-order valence-corrected chi connectivity index (χ1v) is 8.86. The van der Waals surface area contributed by atoms with Crippen LogP contribution in [0.1, 0.15) is 11.3 Å². The number of nitrogens with zero attached hydrogens (tertiary/aromatic N) is 2. The van der Waals surface area contributed by atoms with Crippen LogP contribution in [0.15, 0.2) is 58.0 Å². The second kappa shape index (κ2) is 8.77. The normalized spacial score (nSPS) is 11.0. The molecule has 28 heavy (non-hydrogen) atoms. The van der Waals surface area contributed by atoms with Gasteiger partial charge in [0.1, 0.15) is 17.3 Å².